The fourth-order valence-electron chi connectivity index (χ4n) is 1.82. The average Bonchev–Trinajstić information content (AvgIpc) is 2.95. The van der Waals surface area contributed by atoms with E-state index in [-0.39, 0.29) is 0 Å². The van der Waals surface area contributed by atoms with Crippen LogP contribution in [-0.4, -0.2) is 24.7 Å². The van der Waals surface area contributed by atoms with Crippen LogP contribution in [0.5, 0.6) is 0 Å². The standard InChI is InChI=1S/C12H17N3O2S2/c1-10-9-11(2)15(14-10)7-4-6-13-19(16,17)12-5-3-8-18-12/h3,5,8-9,13H,4,6-7H2,1-2H3. The van der Waals surface area contributed by atoms with E-state index in [1.165, 1.54) is 11.3 Å². The third-order valence-electron chi connectivity index (χ3n) is 2.70. The van der Waals surface area contributed by atoms with Crippen LogP contribution in [-0.2, 0) is 16.6 Å². The van der Waals surface area contributed by atoms with Gasteiger partial charge in [-0.1, -0.05) is 6.07 Å². The Morgan fingerprint density at radius 2 is 2.21 bits per heavy atom. The summed E-state index contributed by atoms with van der Waals surface area (Å²) in [5.41, 5.74) is 2.08. The van der Waals surface area contributed by atoms with Gasteiger partial charge in [-0.2, -0.15) is 5.10 Å². The van der Waals surface area contributed by atoms with E-state index in [1.54, 1.807) is 17.5 Å². The summed E-state index contributed by atoms with van der Waals surface area (Å²) < 4.78 is 28.6. The van der Waals surface area contributed by atoms with Crippen molar-refractivity contribution in [3.8, 4) is 0 Å². The van der Waals surface area contributed by atoms with E-state index in [2.05, 4.69) is 9.82 Å². The number of aromatic nitrogens is 2. The Hall–Kier alpha value is -1.18. The number of rotatable bonds is 6. The highest BCUT2D eigenvalue weighted by Crippen LogP contribution is 2.15. The molecule has 5 nitrogen and oxygen atoms in total. The van der Waals surface area contributed by atoms with Gasteiger partial charge in [0.05, 0.1) is 5.69 Å². The zero-order chi connectivity index (χ0) is 13.9. The van der Waals surface area contributed by atoms with Gasteiger partial charge in [-0.05, 0) is 37.8 Å². The molecule has 0 amide bonds. The molecule has 19 heavy (non-hydrogen) atoms. The predicted molar refractivity (Wildman–Crippen MR) is 75.8 cm³/mol. The normalized spacial score (nSPS) is 11.9. The van der Waals surface area contributed by atoms with Gasteiger partial charge < -0.3 is 0 Å². The lowest BCUT2D eigenvalue weighted by Crippen LogP contribution is -2.25. The van der Waals surface area contributed by atoms with Crippen LogP contribution in [0.4, 0.5) is 0 Å². The molecule has 0 saturated heterocycles. The zero-order valence-corrected chi connectivity index (χ0v) is 12.6. The molecule has 0 bridgehead atoms. The van der Waals surface area contributed by atoms with E-state index in [9.17, 15) is 8.42 Å². The molecule has 1 N–H and O–H groups in total. The van der Waals surface area contributed by atoms with E-state index < -0.39 is 10.0 Å². The number of sulfonamides is 1. The Morgan fingerprint density at radius 3 is 2.79 bits per heavy atom. The van der Waals surface area contributed by atoms with Crippen LogP contribution >= 0.6 is 11.3 Å². The van der Waals surface area contributed by atoms with E-state index in [0.29, 0.717) is 23.7 Å². The molecule has 0 fully saturated rings. The maximum absolute atomic E-state index is 11.9. The molecule has 0 aliphatic carbocycles. The summed E-state index contributed by atoms with van der Waals surface area (Å²) in [6.07, 6.45) is 0.715. The van der Waals surface area contributed by atoms with Gasteiger partial charge in [0.1, 0.15) is 4.21 Å². The first-order valence-electron chi connectivity index (χ1n) is 6.03. The summed E-state index contributed by atoms with van der Waals surface area (Å²) in [6.45, 7) is 5.07. The van der Waals surface area contributed by atoms with E-state index in [1.807, 2.05) is 24.6 Å². The van der Waals surface area contributed by atoms with Gasteiger partial charge in [0, 0.05) is 18.8 Å². The molecule has 2 aromatic rings. The Morgan fingerprint density at radius 1 is 1.42 bits per heavy atom. The molecule has 104 valence electrons. The number of hydrogen-bond acceptors (Lipinski definition) is 4. The molecule has 0 unspecified atom stereocenters. The molecule has 0 spiro atoms. The number of aryl methyl sites for hydroxylation is 3. The molecular formula is C12H17N3O2S2. The highest BCUT2D eigenvalue weighted by atomic mass is 32.2. The Balaban J connectivity index is 1.83. The number of nitrogens with one attached hydrogen (secondary N) is 1. The van der Waals surface area contributed by atoms with Crippen LogP contribution in [0.2, 0.25) is 0 Å². The third kappa shape index (κ3) is 3.65. The maximum Gasteiger partial charge on any atom is 0.250 e. The van der Waals surface area contributed by atoms with Crippen molar-refractivity contribution in [3.63, 3.8) is 0 Å². The van der Waals surface area contributed by atoms with Crippen molar-refractivity contribution in [2.45, 2.75) is 31.0 Å². The third-order valence-corrected chi connectivity index (χ3v) is 5.56. The Kier molecular flexibility index (Phi) is 4.38. The number of hydrogen-bond donors (Lipinski definition) is 1. The van der Waals surface area contributed by atoms with Crippen LogP contribution < -0.4 is 4.72 Å². The lowest BCUT2D eigenvalue weighted by molar-refractivity contribution is 0.545. The SMILES string of the molecule is Cc1cc(C)n(CCCNS(=O)(=O)c2cccs2)n1. The van der Waals surface area contributed by atoms with Crippen LogP contribution in [0, 0.1) is 13.8 Å². The number of nitrogens with zero attached hydrogens (tertiary/aromatic N) is 2. The molecule has 7 heteroatoms. The molecule has 0 atom stereocenters. The monoisotopic (exact) mass is 299 g/mol. The van der Waals surface area contributed by atoms with Crippen molar-refractivity contribution in [2.75, 3.05) is 6.54 Å². The quantitative estimate of drug-likeness (QED) is 0.829. The summed E-state index contributed by atoms with van der Waals surface area (Å²) in [6, 6.07) is 5.35. The lowest BCUT2D eigenvalue weighted by Gasteiger charge is -2.06. The highest BCUT2D eigenvalue weighted by molar-refractivity contribution is 7.91. The van der Waals surface area contributed by atoms with Crippen LogP contribution in [0.25, 0.3) is 0 Å². The van der Waals surface area contributed by atoms with Gasteiger partial charge in [0.15, 0.2) is 0 Å². The topological polar surface area (TPSA) is 64.0 Å². The number of thiophene rings is 1. The van der Waals surface area contributed by atoms with E-state index in [0.717, 1.165) is 11.4 Å². The average molecular weight is 299 g/mol. The summed E-state index contributed by atoms with van der Waals surface area (Å²) >= 11 is 1.22. The fourth-order valence-corrected chi connectivity index (χ4v) is 3.94. The highest BCUT2D eigenvalue weighted by Gasteiger charge is 2.13. The molecule has 0 saturated carbocycles. The van der Waals surface area contributed by atoms with E-state index in [4.69, 9.17) is 0 Å². The van der Waals surface area contributed by atoms with Gasteiger partial charge in [-0.3, -0.25) is 4.68 Å². The zero-order valence-electron chi connectivity index (χ0n) is 11.0. The molecule has 0 aromatic carbocycles. The van der Waals surface area contributed by atoms with Crippen molar-refractivity contribution in [3.05, 3.63) is 35.0 Å². The summed E-state index contributed by atoms with van der Waals surface area (Å²) in [7, 11) is -3.34. The van der Waals surface area contributed by atoms with Crippen LogP contribution in [0.3, 0.4) is 0 Å². The molecular weight excluding hydrogens is 282 g/mol. The predicted octanol–water partition coefficient (Wildman–Crippen LogP) is 1.93. The van der Waals surface area contributed by atoms with Crippen molar-refractivity contribution in [1.29, 1.82) is 0 Å². The molecule has 0 radical (unpaired) electrons. The minimum atomic E-state index is -3.34. The molecule has 0 aliphatic rings. The van der Waals surface area contributed by atoms with Crippen molar-refractivity contribution in [2.24, 2.45) is 0 Å². The van der Waals surface area contributed by atoms with Gasteiger partial charge in [0.2, 0.25) is 10.0 Å². The lowest BCUT2D eigenvalue weighted by atomic mass is 10.4. The van der Waals surface area contributed by atoms with Crippen molar-refractivity contribution < 1.29 is 8.42 Å². The first-order chi connectivity index (χ1) is 8.99. The van der Waals surface area contributed by atoms with Crippen LogP contribution in [0.15, 0.2) is 27.8 Å². The summed E-state index contributed by atoms with van der Waals surface area (Å²) in [5, 5.41) is 6.09. The van der Waals surface area contributed by atoms with Crippen molar-refractivity contribution in [1.82, 2.24) is 14.5 Å². The largest absolute Gasteiger partial charge is 0.270 e. The van der Waals surface area contributed by atoms with Crippen molar-refractivity contribution >= 4 is 21.4 Å². The first kappa shape index (κ1) is 14.2. The minimum Gasteiger partial charge on any atom is -0.270 e. The minimum absolute atomic E-state index is 0.360. The second kappa shape index (κ2) is 5.85. The fraction of sp³-hybridized carbons (Fsp3) is 0.417. The van der Waals surface area contributed by atoms with Crippen LogP contribution in [0.1, 0.15) is 17.8 Å². The van der Waals surface area contributed by atoms with Gasteiger partial charge in [0.25, 0.3) is 0 Å². The Labute approximate surface area is 117 Å². The molecule has 2 aromatic heterocycles. The van der Waals surface area contributed by atoms with Gasteiger partial charge in [-0.25, -0.2) is 13.1 Å². The summed E-state index contributed by atoms with van der Waals surface area (Å²) in [5.74, 6) is 0. The van der Waals surface area contributed by atoms with Gasteiger partial charge in [-0.15, -0.1) is 11.3 Å². The maximum atomic E-state index is 11.9. The molecule has 0 aliphatic heterocycles. The second-order valence-electron chi connectivity index (χ2n) is 4.33. The smallest absolute Gasteiger partial charge is 0.250 e. The van der Waals surface area contributed by atoms with Gasteiger partial charge >= 0.3 is 0 Å². The molecule has 2 rings (SSSR count). The first-order valence-corrected chi connectivity index (χ1v) is 8.39. The summed E-state index contributed by atoms with van der Waals surface area (Å²) in [4.78, 5) is 0. The molecule has 2 heterocycles. The second-order valence-corrected chi connectivity index (χ2v) is 7.28. The van der Waals surface area contributed by atoms with E-state index >= 15 is 0 Å². The Bertz CT molecular complexity index is 630.